The summed E-state index contributed by atoms with van der Waals surface area (Å²) in [5, 5.41) is 3.18. The molecule has 24 heavy (non-hydrogen) atoms. The van der Waals surface area contributed by atoms with Crippen LogP contribution in [0.15, 0.2) is 12.3 Å². The lowest BCUT2D eigenvalue weighted by Crippen LogP contribution is -2.46. The second kappa shape index (κ2) is 8.86. The zero-order valence-corrected chi connectivity index (χ0v) is 15.9. The Kier molecular flexibility index (Phi) is 7.11. The number of carbonyl (C=O) groups is 1. The van der Waals surface area contributed by atoms with Crippen molar-refractivity contribution in [1.29, 1.82) is 0 Å². The second-order valence-corrected chi connectivity index (χ2v) is 8.40. The van der Waals surface area contributed by atoms with Gasteiger partial charge in [-0.1, -0.05) is 13.8 Å². The molecule has 1 amide bonds. The summed E-state index contributed by atoms with van der Waals surface area (Å²) in [7, 11) is 4.15. The fourth-order valence-electron chi connectivity index (χ4n) is 3.77. The summed E-state index contributed by atoms with van der Waals surface area (Å²) >= 11 is 0. The zero-order valence-electron chi connectivity index (χ0n) is 15.9. The highest BCUT2D eigenvalue weighted by Gasteiger charge is 2.28. The van der Waals surface area contributed by atoms with Gasteiger partial charge in [-0.25, -0.2) is 0 Å². The van der Waals surface area contributed by atoms with Crippen LogP contribution in [0.2, 0.25) is 0 Å². The number of nitrogens with one attached hydrogen (secondary N) is 1. The average molecular weight is 338 g/mol. The smallest absolute Gasteiger partial charge is 0.223 e. The van der Waals surface area contributed by atoms with Gasteiger partial charge in [-0.2, -0.15) is 0 Å². The van der Waals surface area contributed by atoms with Crippen LogP contribution in [-0.4, -0.2) is 68.6 Å². The number of allylic oxidation sites excluding steroid dienone is 1. The van der Waals surface area contributed by atoms with Crippen molar-refractivity contribution in [3.05, 3.63) is 12.3 Å². The van der Waals surface area contributed by atoms with Gasteiger partial charge in [0.25, 0.3) is 0 Å². The molecule has 0 spiro atoms. The van der Waals surface area contributed by atoms with Crippen LogP contribution in [0.3, 0.4) is 0 Å². The van der Waals surface area contributed by atoms with Gasteiger partial charge >= 0.3 is 0 Å². The standard InChI is InChI=1S/C19H35N3O2/c1-19(2,15-21(3)4)14-20-18(23)16-8-10-22(11-9-16)13-17-7-5-6-12-24-17/h6,12,16-17H,5,7-11,13-15H2,1-4H3,(H,20,23)/t17-/m1/s1. The van der Waals surface area contributed by atoms with E-state index in [2.05, 4.69) is 49.1 Å². The highest BCUT2D eigenvalue weighted by atomic mass is 16.5. The molecule has 0 aromatic heterocycles. The van der Waals surface area contributed by atoms with Crippen LogP contribution in [0.4, 0.5) is 0 Å². The third-order valence-electron chi connectivity index (χ3n) is 4.93. The van der Waals surface area contributed by atoms with Crippen LogP contribution in [0, 0.1) is 11.3 Å². The van der Waals surface area contributed by atoms with Crippen molar-refractivity contribution in [2.45, 2.75) is 45.6 Å². The number of hydrogen-bond acceptors (Lipinski definition) is 4. The van der Waals surface area contributed by atoms with Crippen LogP contribution >= 0.6 is 0 Å². The SMILES string of the molecule is CN(C)CC(C)(C)CNC(=O)C1CCN(C[C@H]2CCC=CO2)CC1. The van der Waals surface area contributed by atoms with Gasteiger partial charge in [-0.05, 0) is 64.4 Å². The first kappa shape index (κ1) is 19.3. The van der Waals surface area contributed by atoms with E-state index in [0.29, 0.717) is 6.10 Å². The second-order valence-electron chi connectivity index (χ2n) is 8.40. The highest BCUT2D eigenvalue weighted by molar-refractivity contribution is 5.78. The highest BCUT2D eigenvalue weighted by Crippen LogP contribution is 2.21. The molecule has 1 atom stereocenters. The molecule has 0 radical (unpaired) electrons. The maximum atomic E-state index is 12.5. The van der Waals surface area contributed by atoms with Crippen LogP contribution in [-0.2, 0) is 9.53 Å². The number of piperidine rings is 1. The molecule has 5 heteroatoms. The van der Waals surface area contributed by atoms with E-state index in [1.165, 1.54) is 0 Å². The molecule has 0 aromatic carbocycles. The van der Waals surface area contributed by atoms with Crippen molar-refractivity contribution >= 4 is 5.91 Å². The molecule has 2 aliphatic heterocycles. The molecule has 0 saturated carbocycles. The Hall–Kier alpha value is -1.07. The third kappa shape index (κ3) is 6.44. The summed E-state index contributed by atoms with van der Waals surface area (Å²) < 4.78 is 5.66. The summed E-state index contributed by atoms with van der Waals surface area (Å²) in [4.78, 5) is 17.1. The van der Waals surface area contributed by atoms with Gasteiger partial charge in [-0.15, -0.1) is 0 Å². The molecule has 2 rings (SSSR count). The van der Waals surface area contributed by atoms with Crippen molar-refractivity contribution in [2.24, 2.45) is 11.3 Å². The van der Waals surface area contributed by atoms with Gasteiger partial charge in [0.15, 0.2) is 0 Å². The number of likely N-dealkylation sites (tertiary alicyclic amines) is 1. The Balaban J connectivity index is 1.67. The molecular formula is C19H35N3O2. The molecule has 1 fully saturated rings. The Morgan fingerprint density at radius 1 is 1.29 bits per heavy atom. The van der Waals surface area contributed by atoms with Crippen LogP contribution < -0.4 is 5.32 Å². The van der Waals surface area contributed by atoms with E-state index in [9.17, 15) is 4.79 Å². The van der Waals surface area contributed by atoms with E-state index in [-0.39, 0.29) is 17.2 Å². The van der Waals surface area contributed by atoms with Gasteiger partial charge in [-0.3, -0.25) is 9.69 Å². The van der Waals surface area contributed by atoms with Crippen LogP contribution in [0.25, 0.3) is 0 Å². The average Bonchev–Trinajstić information content (AvgIpc) is 2.53. The van der Waals surface area contributed by atoms with E-state index >= 15 is 0 Å². The summed E-state index contributed by atoms with van der Waals surface area (Å²) in [6, 6.07) is 0. The minimum absolute atomic E-state index is 0.103. The number of ether oxygens (including phenoxy) is 1. The van der Waals surface area contributed by atoms with Crippen molar-refractivity contribution in [2.75, 3.05) is 46.8 Å². The first-order valence-corrected chi connectivity index (χ1v) is 9.31. The molecule has 1 saturated heterocycles. The minimum atomic E-state index is 0.103. The van der Waals surface area contributed by atoms with Crippen molar-refractivity contribution in [3.8, 4) is 0 Å². The number of amides is 1. The molecule has 1 N–H and O–H groups in total. The molecule has 2 aliphatic rings. The normalized spacial score (nSPS) is 23.3. The lowest BCUT2D eigenvalue weighted by Gasteiger charge is -2.34. The predicted octanol–water partition coefficient (Wildman–Crippen LogP) is 2.10. The van der Waals surface area contributed by atoms with E-state index < -0.39 is 0 Å². The van der Waals surface area contributed by atoms with Crippen molar-refractivity contribution in [1.82, 2.24) is 15.1 Å². The zero-order chi connectivity index (χ0) is 17.6. The van der Waals surface area contributed by atoms with Crippen LogP contribution in [0.1, 0.15) is 39.5 Å². The van der Waals surface area contributed by atoms with Gasteiger partial charge in [0.1, 0.15) is 6.10 Å². The summed E-state index contributed by atoms with van der Waals surface area (Å²) in [6.07, 6.45) is 8.40. The first-order valence-electron chi connectivity index (χ1n) is 9.31. The third-order valence-corrected chi connectivity index (χ3v) is 4.93. The maximum absolute atomic E-state index is 12.5. The quantitative estimate of drug-likeness (QED) is 0.773. The van der Waals surface area contributed by atoms with Crippen molar-refractivity contribution < 1.29 is 9.53 Å². The molecule has 0 unspecified atom stereocenters. The number of hydrogen-bond donors (Lipinski definition) is 1. The van der Waals surface area contributed by atoms with Crippen LogP contribution in [0.5, 0.6) is 0 Å². The van der Waals surface area contributed by atoms with Crippen molar-refractivity contribution in [3.63, 3.8) is 0 Å². The van der Waals surface area contributed by atoms with Gasteiger partial charge in [0.2, 0.25) is 5.91 Å². The molecule has 138 valence electrons. The van der Waals surface area contributed by atoms with E-state index in [0.717, 1.165) is 58.4 Å². The Morgan fingerprint density at radius 3 is 2.58 bits per heavy atom. The van der Waals surface area contributed by atoms with Gasteiger partial charge in [0, 0.05) is 25.6 Å². The first-order chi connectivity index (χ1) is 11.4. The number of rotatable bonds is 7. The molecule has 0 aliphatic carbocycles. The predicted molar refractivity (Wildman–Crippen MR) is 97.8 cm³/mol. The van der Waals surface area contributed by atoms with E-state index in [1.54, 1.807) is 0 Å². The fraction of sp³-hybridized carbons (Fsp3) is 0.842. The summed E-state index contributed by atoms with van der Waals surface area (Å²) in [5.41, 5.74) is 0.103. The fourth-order valence-corrected chi connectivity index (χ4v) is 3.77. The van der Waals surface area contributed by atoms with E-state index in [1.807, 2.05) is 6.26 Å². The maximum Gasteiger partial charge on any atom is 0.223 e. The van der Waals surface area contributed by atoms with E-state index in [4.69, 9.17) is 4.74 Å². The lowest BCUT2D eigenvalue weighted by molar-refractivity contribution is -0.127. The Morgan fingerprint density at radius 2 is 2.00 bits per heavy atom. The van der Waals surface area contributed by atoms with Gasteiger partial charge in [0.05, 0.1) is 6.26 Å². The Bertz CT molecular complexity index is 426. The number of carbonyl (C=O) groups excluding carboxylic acids is 1. The molecule has 0 bridgehead atoms. The monoisotopic (exact) mass is 337 g/mol. The minimum Gasteiger partial charge on any atom is -0.497 e. The summed E-state index contributed by atoms with van der Waals surface area (Å²) in [6.45, 7) is 9.12. The largest absolute Gasteiger partial charge is 0.497 e. The summed E-state index contributed by atoms with van der Waals surface area (Å²) in [5.74, 6) is 0.405. The molecular weight excluding hydrogens is 302 g/mol. The number of nitrogens with zero attached hydrogens (tertiary/aromatic N) is 2. The molecule has 2 heterocycles. The topological polar surface area (TPSA) is 44.8 Å². The Labute approximate surface area is 147 Å². The van der Waals surface area contributed by atoms with Gasteiger partial charge < -0.3 is 15.0 Å². The lowest BCUT2D eigenvalue weighted by atomic mass is 9.91. The molecule has 5 nitrogen and oxygen atoms in total. The molecule has 0 aromatic rings.